The predicted molar refractivity (Wildman–Crippen MR) is 123 cm³/mol. The van der Waals surface area contributed by atoms with Crippen molar-refractivity contribution in [2.75, 3.05) is 0 Å². The van der Waals surface area contributed by atoms with Gasteiger partial charge in [-0.05, 0) is 45.0 Å². The van der Waals surface area contributed by atoms with E-state index >= 15 is 0 Å². The molecule has 150 valence electrons. The summed E-state index contributed by atoms with van der Waals surface area (Å²) < 4.78 is 1.60. The Kier molecular flexibility index (Phi) is 5.55. The number of rotatable bonds is 5. The van der Waals surface area contributed by atoms with E-state index in [1.165, 1.54) is 11.8 Å². The third-order valence-electron chi connectivity index (χ3n) is 5.02. The van der Waals surface area contributed by atoms with E-state index in [2.05, 4.69) is 0 Å². The van der Waals surface area contributed by atoms with Crippen LogP contribution in [0.3, 0.4) is 0 Å². The zero-order valence-electron chi connectivity index (χ0n) is 17.1. The molecule has 0 saturated carbocycles. The van der Waals surface area contributed by atoms with Crippen LogP contribution >= 0.6 is 11.8 Å². The van der Waals surface area contributed by atoms with Crippen LogP contribution in [0.5, 0.6) is 0 Å². The van der Waals surface area contributed by atoms with Gasteiger partial charge in [-0.1, -0.05) is 71.4 Å². The average molecular weight is 415 g/mol. The molecule has 0 saturated heterocycles. The number of hydrogen-bond acceptors (Lipinski definition) is 4. The molecule has 1 atom stereocenters. The van der Waals surface area contributed by atoms with Crippen LogP contribution < -0.4 is 5.56 Å². The molecule has 0 fully saturated rings. The Morgan fingerprint density at radius 1 is 0.900 bits per heavy atom. The molecule has 30 heavy (non-hydrogen) atoms. The van der Waals surface area contributed by atoms with Crippen LogP contribution in [0, 0.1) is 13.8 Å². The van der Waals surface area contributed by atoms with E-state index in [0.717, 1.165) is 16.8 Å². The number of hydrogen-bond donors (Lipinski definition) is 0. The van der Waals surface area contributed by atoms with Crippen LogP contribution in [-0.4, -0.2) is 20.6 Å². The normalized spacial score (nSPS) is 12.1. The van der Waals surface area contributed by atoms with Crippen molar-refractivity contribution >= 4 is 28.4 Å². The van der Waals surface area contributed by atoms with Crippen LogP contribution in [0.1, 0.15) is 28.4 Å². The molecule has 4 aromatic rings. The van der Waals surface area contributed by atoms with E-state index in [0.29, 0.717) is 21.6 Å². The van der Waals surface area contributed by atoms with Crippen LogP contribution in [0.25, 0.3) is 16.6 Å². The van der Waals surface area contributed by atoms with E-state index in [4.69, 9.17) is 4.98 Å². The molecule has 5 heteroatoms. The first-order valence-electron chi connectivity index (χ1n) is 9.80. The van der Waals surface area contributed by atoms with Gasteiger partial charge in [0.1, 0.15) is 0 Å². The maximum Gasteiger partial charge on any atom is 0.266 e. The van der Waals surface area contributed by atoms with Gasteiger partial charge in [-0.15, -0.1) is 0 Å². The van der Waals surface area contributed by atoms with Gasteiger partial charge in [0.25, 0.3) is 5.56 Å². The lowest BCUT2D eigenvalue weighted by Crippen LogP contribution is -2.23. The second-order valence-corrected chi connectivity index (χ2v) is 8.69. The summed E-state index contributed by atoms with van der Waals surface area (Å²) in [5, 5.41) is 0.674. The van der Waals surface area contributed by atoms with Gasteiger partial charge in [0, 0.05) is 5.56 Å². The second kappa shape index (κ2) is 8.28. The Balaban J connectivity index is 1.79. The highest BCUT2D eigenvalue weighted by Gasteiger charge is 2.21. The largest absolute Gasteiger partial charge is 0.293 e. The molecule has 0 amide bonds. The van der Waals surface area contributed by atoms with Crippen molar-refractivity contribution in [1.82, 2.24) is 9.55 Å². The number of aryl methyl sites for hydroxylation is 2. The molecular formula is C25H22N2O2S. The van der Waals surface area contributed by atoms with Crippen LogP contribution in [0.15, 0.2) is 82.7 Å². The molecule has 0 aliphatic carbocycles. The van der Waals surface area contributed by atoms with Crippen molar-refractivity contribution in [3.05, 3.63) is 99.8 Å². The summed E-state index contributed by atoms with van der Waals surface area (Å²) in [7, 11) is 0. The molecule has 0 radical (unpaired) electrons. The average Bonchev–Trinajstić information content (AvgIpc) is 2.75. The first kappa shape index (κ1) is 20.1. The standard InChI is InChI=1S/C25H22N2O2S/c1-16-8-12-19(13-9-16)23(28)18(3)30-25-26-22-7-5-4-6-21(22)24(29)27(25)20-14-10-17(2)11-15-20/h4-15,18H,1-3H3. The topological polar surface area (TPSA) is 52.0 Å². The lowest BCUT2D eigenvalue weighted by Gasteiger charge is -2.16. The van der Waals surface area contributed by atoms with Crippen LogP contribution in [0.2, 0.25) is 0 Å². The minimum absolute atomic E-state index is 0.0119. The lowest BCUT2D eigenvalue weighted by molar-refractivity contribution is 0.0994. The molecule has 0 N–H and O–H groups in total. The summed E-state index contributed by atoms with van der Waals surface area (Å²) in [5.74, 6) is 0.0119. The third-order valence-corrected chi connectivity index (χ3v) is 6.08. The number of Topliss-reactive ketones (excluding diaryl/α,β-unsaturated/α-hetero) is 1. The van der Waals surface area contributed by atoms with Crippen molar-refractivity contribution in [2.45, 2.75) is 31.2 Å². The Bertz CT molecular complexity index is 1280. The van der Waals surface area contributed by atoms with Crippen molar-refractivity contribution in [2.24, 2.45) is 0 Å². The van der Waals surface area contributed by atoms with Gasteiger partial charge in [0.05, 0.1) is 21.8 Å². The van der Waals surface area contributed by atoms with Crippen molar-refractivity contribution in [3.8, 4) is 5.69 Å². The fourth-order valence-electron chi connectivity index (χ4n) is 3.28. The molecule has 4 nitrogen and oxygen atoms in total. The molecule has 0 bridgehead atoms. The summed E-state index contributed by atoms with van der Waals surface area (Å²) in [6, 6.07) is 22.6. The zero-order chi connectivity index (χ0) is 21.3. The number of carbonyl (C=O) groups is 1. The molecular weight excluding hydrogens is 392 g/mol. The summed E-state index contributed by atoms with van der Waals surface area (Å²) in [6.45, 7) is 5.85. The lowest BCUT2D eigenvalue weighted by atomic mass is 10.1. The van der Waals surface area contributed by atoms with Crippen molar-refractivity contribution < 1.29 is 4.79 Å². The quantitative estimate of drug-likeness (QED) is 0.250. The molecule has 0 spiro atoms. The summed E-state index contributed by atoms with van der Waals surface area (Å²) in [6.07, 6.45) is 0. The van der Waals surface area contributed by atoms with Gasteiger partial charge < -0.3 is 0 Å². The monoisotopic (exact) mass is 414 g/mol. The third kappa shape index (κ3) is 3.94. The highest BCUT2D eigenvalue weighted by molar-refractivity contribution is 8.00. The number of benzene rings is 3. The number of thioether (sulfide) groups is 1. The van der Waals surface area contributed by atoms with E-state index in [9.17, 15) is 9.59 Å². The summed E-state index contributed by atoms with van der Waals surface area (Å²) in [5.41, 5.74) is 4.10. The van der Waals surface area contributed by atoms with Gasteiger partial charge in [-0.3, -0.25) is 14.2 Å². The van der Waals surface area contributed by atoms with E-state index in [1.807, 2.05) is 87.5 Å². The molecule has 1 aromatic heterocycles. The van der Waals surface area contributed by atoms with E-state index < -0.39 is 5.25 Å². The number of ketones is 1. The van der Waals surface area contributed by atoms with Crippen molar-refractivity contribution in [1.29, 1.82) is 0 Å². The Morgan fingerprint density at radius 2 is 1.50 bits per heavy atom. The molecule has 3 aromatic carbocycles. The number of aromatic nitrogens is 2. The summed E-state index contributed by atoms with van der Waals surface area (Å²) in [4.78, 5) is 31.0. The highest BCUT2D eigenvalue weighted by Crippen LogP contribution is 2.27. The minimum Gasteiger partial charge on any atom is -0.293 e. The Hall–Kier alpha value is -3.18. The van der Waals surface area contributed by atoms with Crippen molar-refractivity contribution in [3.63, 3.8) is 0 Å². The predicted octanol–water partition coefficient (Wildman–Crippen LogP) is 5.37. The van der Waals surface area contributed by atoms with Gasteiger partial charge >= 0.3 is 0 Å². The maximum absolute atomic E-state index is 13.3. The Morgan fingerprint density at radius 3 is 2.17 bits per heavy atom. The minimum atomic E-state index is -0.391. The maximum atomic E-state index is 13.3. The van der Waals surface area contributed by atoms with Crippen LogP contribution in [-0.2, 0) is 0 Å². The number of nitrogens with zero attached hydrogens (tertiary/aromatic N) is 2. The van der Waals surface area contributed by atoms with Gasteiger partial charge in [-0.2, -0.15) is 0 Å². The molecule has 1 unspecified atom stereocenters. The number of carbonyl (C=O) groups excluding carboxylic acids is 1. The molecule has 1 heterocycles. The zero-order valence-corrected chi connectivity index (χ0v) is 17.9. The van der Waals surface area contributed by atoms with Gasteiger partial charge in [0.15, 0.2) is 10.9 Å². The fraction of sp³-hybridized carbons (Fsp3) is 0.160. The van der Waals surface area contributed by atoms with Crippen LogP contribution in [0.4, 0.5) is 0 Å². The first-order valence-corrected chi connectivity index (χ1v) is 10.7. The SMILES string of the molecule is Cc1ccc(C(=O)C(C)Sc2nc3ccccc3c(=O)n2-c2ccc(C)cc2)cc1. The number of fused-ring (bicyclic) bond motifs is 1. The first-order chi connectivity index (χ1) is 14.4. The molecule has 4 rings (SSSR count). The van der Waals surface area contributed by atoms with Gasteiger partial charge in [-0.25, -0.2) is 4.98 Å². The molecule has 0 aliphatic heterocycles. The summed E-state index contributed by atoms with van der Waals surface area (Å²) >= 11 is 1.31. The highest BCUT2D eigenvalue weighted by atomic mass is 32.2. The molecule has 0 aliphatic rings. The second-order valence-electron chi connectivity index (χ2n) is 7.38. The number of para-hydroxylation sites is 1. The smallest absolute Gasteiger partial charge is 0.266 e. The van der Waals surface area contributed by atoms with Gasteiger partial charge in [0.2, 0.25) is 0 Å². The Labute approximate surface area is 179 Å². The fourth-order valence-corrected chi connectivity index (χ4v) is 4.28. The van der Waals surface area contributed by atoms with E-state index in [-0.39, 0.29) is 11.3 Å². The van der Waals surface area contributed by atoms with E-state index in [1.54, 1.807) is 10.6 Å².